The molecule has 1 aromatic carbocycles. The monoisotopic (exact) mass is 354 g/mol. The lowest BCUT2D eigenvalue weighted by Gasteiger charge is -2.07. The maximum absolute atomic E-state index is 12.2. The van der Waals surface area contributed by atoms with Crippen molar-refractivity contribution in [3.63, 3.8) is 0 Å². The van der Waals surface area contributed by atoms with Gasteiger partial charge < -0.3 is 0 Å². The minimum absolute atomic E-state index is 0.152. The van der Waals surface area contributed by atoms with Gasteiger partial charge in [0.15, 0.2) is 0 Å². The van der Waals surface area contributed by atoms with Crippen molar-refractivity contribution in [1.29, 1.82) is 0 Å². The SMILES string of the molecule is Cn1cc(-c2ncccc2CNS(=O)(=O)/C=C/c2ccccc2)cn1. The average molecular weight is 354 g/mol. The molecule has 0 unspecified atom stereocenters. The second-order valence-corrected chi connectivity index (χ2v) is 7.14. The summed E-state index contributed by atoms with van der Waals surface area (Å²) in [6.07, 6.45) is 6.79. The summed E-state index contributed by atoms with van der Waals surface area (Å²) in [5, 5.41) is 5.30. The van der Waals surface area contributed by atoms with Crippen LogP contribution >= 0.6 is 0 Å². The predicted octanol–water partition coefficient (Wildman–Crippen LogP) is 2.57. The summed E-state index contributed by atoms with van der Waals surface area (Å²) in [5.74, 6) is 0. The largest absolute Gasteiger partial charge is 0.275 e. The Morgan fingerprint density at radius 1 is 1.16 bits per heavy atom. The number of benzene rings is 1. The second kappa shape index (κ2) is 7.42. The first kappa shape index (κ1) is 17.1. The highest BCUT2D eigenvalue weighted by Gasteiger charge is 2.11. The van der Waals surface area contributed by atoms with Crippen LogP contribution in [0.3, 0.4) is 0 Å². The van der Waals surface area contributed by atoms with Gasteiger partial charge in [0, 0.05) is 37.0 Å². The number of sulfonamides is 1. The summed E-state index contributed by atoms with van der Waals surface area (Å²) in [6, 6.07) is 12.9. The van der Waals surface area contributed by atoms with E-state index in [0.29, 0.717) is 5.69 Å². The molecule has 0 aliphatic heterocycles. The second-order valence-electron chi connectivity index (χ2n) is 5.49. The molecule has 1 N–H and O–H groups in total. The first-order valence-corrected chi connectivity index (χ1v) is 9.24. The summed E-state index contributed by atoms with van der Waals surface area (Å²) in [4.78, 5) is 4.35. The molecule has 0 atom stereocenters. The maximum Gasteiger partial charge on any atom is 0.234 e. The Bertz CT molecular complexity index is 979. The molecule has 0 spiro atoms. The van der Waals surface area contributed by atoms with E-state index in [1.807, 2.05) is 49.6 Å². The highest BCUT2D eigenvalue weighted by Crippen LogP contribution is 2.20. The zero-order valence-corrected chi connectivity index (χ0v) is 14.5. The summed E-state index contributed by atoms with van der Waals surface area (Å²) >= 11 is 0. The van der Waals surface area contributed by atoms with Gasteiger partial charge in [-0.1, -0.05) is 36.4 Å². The fraction of sp³-hybridized carbons (Fsp3) is 0.111. The molecule has 0 amide bonds. The number of pyridine rings is 1. The summed E-state index contributed by atoms with van der Waals surface area (Å²) < 4.78 is 28.7. The van der Waals surface area contributed by atoms with Crippen molar-refractivity contribution in [3.05, 3.63) is 77.6 Å². The summed E-state index contributed by atoms with van der Waals surface area (Å²) in [7, 11) is -1.73. The van der Waals surface area contributed by atoms with E-state index in [1.165, 1.54) is 5.41 Å². The van der Waals surface area contributed by atoms with Gasteiger partial charge in [0.25, 0.3) is 0 Å². The van der Waals surface area contributed by atoms with Crippen molar-refractivity contribution in [2.24, 2.45) is 7.05 Å². The molecule has 25 heavy (non-hydrogen) atoms. The molecule has 6 nitrogen and oxygen atoms in total. The fourth-order valence-electron chi connectivity index (χ4n) is 2.34. The highest BCUT2D eigenvalue weighted by molar-refractivity contribution is 7.92. The zero-order valence-electron chi connectivity index (χ0n) is 13.7. The van der Waals surface area contributed by atoms with E-state index in [4.69, 9.17) is 0 Å². The molecule has 0 radical (unpaired) electrons. The Labute approximate surface area is 146 Å². The van der Waals surface area contributed by atoms with E-state index in [0.717, 1.165) is 16.7 Å². The highest BCUT2D eigenvalue weighted by atomic mass is 32.2. The van der Waals surface area contributed by atoms with Gasteiger partial charge >= 0.3 is 0 Å². The van der Waals surface area contributed by atoms with Crippen molar-refractivity contribution >= 4 is 16.1 Å². The van der Waals surface area contributed by atoms with Gasteiger partial charge in [0.1, 0.15) is 0 Å². The van der Waals surface area contributed by atoms with Crippen LogP contribution in [0.2, 0.25) is 0 Å². The lowest BCUT2D eigenvalue weighted by molar-refractivity contribution is 0.591. The van der Waals surface area contributed by atoms with Crippen molar-refractivity contribution in [2.45, 2.75) is 6.54 Å². The van der Waals surface area contributed by atoms with Gasteiger partial charge in [-0.25, -0.2) is 13.1 Å². The average Bonchev–Trinajstić information content (AvgIpc) is 3.06. The van der Waals surface area contributed by atoms with E-state index < -0.39 is 10.0 Å². The van der Waals surface area contributed by atoms with Crippen LogP contribution in [-0.4, -0.2) is 23.2 Å². The molecule has 0 saturated carbocycles. The summed E-state index contributed by atoms with van der Waals surface area (Å²) in [5.41, 5.74) is 3.17. The summed E-state index contributed by atoms with van der Waals surface area (Å²) in [6.45, 7) is 0.152. The maximum atomic E-state index is 12.2. The smallest absolute Gasteiger partial charge is 0.234 e. The van der Waals surface area contributed by atoms with Gasteiger partial charge in [-0.15, -0.1) is 0 Å². The third-order valence-electron chi connectivity index (χ3n) is 3.57. The number of hydrogen-bond donors (Lipinski definition) is 1. The van der Waals surface area contributed by atoms with E-state index in [9.17, 15) is 8.42 Å². The fourth-order valence-corrected chi connectivity index (χ4v) is 3.13. The Balaban J connectivity index is 1.74. The van der Waals surface area contributed by atoms with Crippen LogP contribution < -0.4 is 4.72 Å². The number of nitrogens with one attached hydrogen (secondary N) is 1. The van der Waals surface area contributed by atoms with E-state index in [2.05, 4.69) is 14.8 Å². The van der Waals surface area contributed by atoms with Crippen LogP contribution in [0, 0.1) is 0 Å². The molecule has 2 aromatic heterocycles. The van der Waals surface area contributed by atoms with E-state index in [1.54, 1.807) is 29.2 Å². The molecule has 0 aliphatic carbocycles. The molecule has 0 bridgehead atoms. The van der Waals surface area contributed by atoms with Crippen molar-refractivity contribution in [3.8, 4) is 11.3 Å². The first-order chi connectivity index (χ1) is 12.0. The quantitative estimate of drug-likeness (QED) is 0.738. The number of hydrogen-bond acceptors (Lipinski definition) is 4. The standard InChI is InChI=1S/C18H18N4O2S/c1-22-14-17(12-20-22)18-16(8-5-10-19-18)13-21-25(23,24)11-9-15-6-3-2-4-7-15/h2-12,14,21H,13H2,1H3/b11-9+. The number of nitrogens with zero attached hydrogens (tertiary/aromatic N) is 3. The van der Waals surface area contributed by atoms with Crippen molar-refractivity contribution < 1.29 is 8.42 Å². The van der Waals surface area contributed by atoms with Crippen LogP contribution in [0.1, 0.15) is 11.1 Å². The van der Waals surface area contributed by atoms with E-state index >= 15 is 0 Å². The normalized spacial score (nSPS) is 11.9. The van der Waals surface area contributed by atoms with E-state index in [-0.39, 0.29) is 6.54 Å². The van der Waals surface area contributed by atoms with Crippen molar-refractivity contribution in [1.82, 2.24) is 19.5 Å². The molecule has 0 fully saturated rings. The minimum atomic E-state index is -3.55. The lowest BCUT2D eigenvalue weighted by atomic mass is 10.1. The number of aryl methyl sites for hydroxylation is 1. The van der Waals surface area contributed by atoms with Gasteiger partial charge in [-0.3, -0.25) is 9.67 Å². The minimum Gasteiger partial charge on any atom is -0.275 e. The third-order valence-corrected chi connectivity index (χ3v) is 4.61. The van der Waals surface area contributed by atoms with Crippen LogP contribution in [0.5, 0.6) is 0 Å². The topological polar surface area (TPSA) is 76.9 Å². The van der Waals surface area contributed by atoms with Crippen LogP contribution in [0.25, 0.3) is 17.3 Å². The van der Waals surface area contributed by atoms with Crippen LogP contribution in [0.15, 0.2) is 66.5 Å². The molecular formula is C18H18N4O2S. The Morgan fingerprint density at radius 2 is 1.96 bits per heavy atom. The number of rotatable bonds is 6. The molecule has 7 heteroatoms. The van der Waals surface area contributed by atoms with Gasteiger partial charge in [0.05, 0.1) is 11.9 Å². The Kier molecular flexibility index (Phi) is 5.06. The molecule has 3 aromatic rings. The number of aromatic nitrogens is 3. The predicted molar refractivity (Wildman–Crippen MR) is 97.7 cm³/mol. The molecular weight excluding hydrogens is 336 g/mol. The molecule has 128 valence electrons. The molecule has 3 rings (SSSR count). The Morgan fingerprint density at radius 3 is 2.68 bits per heavy atom. The van der Waals surface area contributed by atoms with Crippen LogP contribution in [-0.2, 0) is 23.6 Å². The van der Waals surface area contributed by atoms with Gasteiger partial charge in [0.2, 0.25) is 10.0 Å². The first-order valence-electron chi connectivity index (χ1n) is 7.69. The third kappa shape index (κ3) is 4.62. The zero-order chi connectivity index (χ0) is 17.7. The van der Waals surface area contributed by atoms with Crippen LogP contribution in [0.4, 0.5) is 0 Å². The molecule has 0 aliphatic rings. The lowest BCUT2D eigenvalue weighted by Crippen LogP contribution is -2.21. The molecule has 0 saturated heterocycles. The molecule has 2 heterocycles. The van der Waals surface area contributed by atoms with Gasteiger partial charge in [-0.05, 0) is 23.3 Å². The van der Waals surface area contributed by atoms with Gasteiger partial charge in [-0.2, -0.15) is 5.10 Å². The van der Waals surface area contributed by atoms with Crippen molar-refractivity contribution in [2.75, 3.05) is 0 Å². The Hall–Kier alpha value is -2.77.